The Labute approximate surface area is 126 Å². The molecule has 5 heteroatoms. The number of anilines is 2. The molecule has 0 aromatic heterocycles. The number of urea groups is 1. The molecule has 5 nitrogen and oxygen atoms in total. The topological polar surface area (TPSA) is 47.6 Å². The van der Waals surface area contributed by atoms with Crippen LogP contribution in [-0.2, 0) is 0 Å². The van der Waals surface area contributed by atoms with Crippen molar-refractivity contribution in [3.63, 3.8) is 0 Å². The number of nitrogens with one attached hydrogen (secondary N) is 2. The number of hydrogen-bond acceptors (Lipinski definition) is 3. The van der Waals surface area contributed by atoms with Gasteiger partial charge in [-0.2, -0.15) is 0 Å². The molecule has 114 valence electrons. The van der Waals surface area contributed by atoms with E-state index in [0.717, 1.165) is 31.0 Å². The van der Waals surface area contributed by atoms with Crippen molar-refractivity contribution in [2.45, 2.75) is 12.8 Å². The van der Waals surface area contributed by atoms with Crippen molar-refractivity contribution in [1.82, 2.24) is 10.2 Å². The second-order valence-corrected chi connectivity index (χ2v) is 6.09. The molecule has 2 saturated heterocycles. The van der Waals surface area contributed by atoms with Gasteiger partial charge in [0.15, 0.2) is 0 Å². The molecule has 0 radical (unpaired) electrons. The average molecular weight is 288 g/mol. The van der Waals surface area contributed by atoms with Crippen molar-refractivity contribution in [2.24, 2.45) is 5.92 Å². The molecule has 0 spiro atoms. The first-order valence-electron chi connectivity index (χ1n) is 7.80. The van der Waals surface area contributed by atoms with Gasteiger partial charge in [0, 0.05) is 37.6 Å². The number of carbonyl (C=O) groups excluding carboxylic acids is 1. The van der Waals surface area contributed by atoms with Crippen LogP contribution in [0.2, 0.25) is 0 Å². The molecule has 1 aromatic carbocycles. The largest absolute Gasteiger partial charge is 0.385 e. The zero-order valence-corrected chi connectivity index (χ0v) is 12.6. The number of nitrogens with zero attached hydrogens (tertiary/aromatic N) is 2. The van der Waals surface area contributed by atoms with Crippen LogP contribution in [-0.4, -0.2) is 50.7 Å². The van der Waals surface area contributed by atoms with Crippen molar-refractivity contribution in [3.05, 3.63) is 24.3 Å². The van der Waals surface area contributed by atoms with E-state index in [4.69, 9.17) is 0 Å². The van der Waals surface area contributed by atoms with Crippen molar-refractivity contribution < 1.29 is 4.79 Å². The van der Waals surface area contributed by atoms with Crippen LogP contribution in [0, 0.1) is 5.92 Å². The van der Waals surface area contributed by atoms with Crippen molar-refractivity contribution >= 4 is 17.4 Å². The summed E-state index contributed by atoms with van der Waals surface area (Å²) >= 11 is 0. The molecule has 2 heterocycles. The third-order valence-corrected chi connectivity index (χ3v) is 4.33. The first kappa shape index (κ1) is 14.2. The molecule has 1 unspecified atom stereocenters. The number of carbonyl (C=O) groups is 1. The van der Waals surface area contributed by atoms with E-state index in [1.165, 1.54) is 25.9 Å². The Balaban J connectivity index is 1.59. The predicted molar refractivity (Wildman–Crippen MR) is 85.9 cm³/mol. The lowest BCUT2D eigenvalue weighted by Gasteiger charge is -2.30. The van der Waals surface area contributed by atoms with Gasteiger partial charge in [-0.15, -0.1) is 0 Å². The van der Waals surface area contributed by atoms with E-state index in [9.17, 15) is 4.79 Å². The summed E-state index contributed by atoms with van der Waals surface area (Å²) in [7, 11) is 2.19. The van der Waals surface area contributed by atoms with E-state index in [0.29, 0.717) is 5.92 Å². The van der Waals surface area contributed by atoms with E-state index >= 15 is 0 Å². The van der Waals surface area contributed by atoms with Crippen molar-refractivity contribution in [2.75, 3.05) is 50.0 Å². The van der Waals surface area contributed by atoms with Crippen LogP contribution in [0.1, 0.15) is 12.8 Å². The normalized spacial score (nSPS) is 23.2. The molecule has 3 rings (SSSR count). The minimum Gasteiger partial charge on any atom is -0.385 e. The van der Waals surface area contributed by atoms with Crippen LogP contribution in [0.3, 0.4) is 0 Å². The summed E-state index contributed by atoms with van der Waals surface area (Å²) in [4.78, 5) is 15.9. The highest BCUT2D eigenvalue weighted by molar-refractivity contribution is 5.94. The van der Waals surface area contributed by atoms with Gasteiger partial charge in [0.25, 0.3) is 0 Å². The molecule has 0 bridgehead atoms. The summed E-state index contributed by atoms with van der Waals surface area (Å²) in [6.45, 7) is 4.86. The standard InChI is InChI=1S/C16H24N4O/c1-19-8-3-4-13(12-19)11-18-14-5-2-6-15(10-14)20-9-7-17-16(20)21/h2,5-6,10,13,18H,3-4,7-9,11-12H2,1H3,(H,17,21). The summed E-state index contributed by atoms with van der Waals surface area (Å²) in [6.07, 6.45) is 2.59. The Hall–Kier alpha value is -1.75. The molecule has 2 aliphatic heterocycles. The first-order chi connectivity index (χ1) is 10.2. The maximum atomic E-state index is 11.7. The Bertz CT molecular complexity index is 505. The van der Waals surface area contributed by atoms with Crippen LogP contribution in [0.5, 0.6) is 0 Å². The lowest BCUT2D eigenvalue weighted by molar-refractivity contribution is 0.217. The molecular formula is C16H24N4O. The van der Waals surface area contributed by atoms with Crippen molar-refractivity contribution in [3.8, 4) is 0 Å². The molecular weight excluding hydrogens is 264 g/mol. The predicted octanol–water partition coefficient (Wildman–Crippen LogP) is 1.97. The molecule has 2 fully saturated rings. The van der Waals surface area contributed by atoms with Gasteiger partial charge in [0.1, 0.15) is 0 Å². The van der Waals surface area contributed by atoms with Gasteiger partial charge in [-0.3, -0.25) is 4.90 Å². The highest BCUT2D eigenvalue weighted by atomic mass is 16.2. The van der Waals surface area contributed by atoms with Crippen LogP contribution in [0.4, 0.5) is 16.2 Å². The van der Waals surface area contributed by atoms with Crippen molar-refractivity contribution in [1.29, 1.82) is 0 Å². The maximum absolute atomic E-state index is 11.7. The third-order valence-electron chi connectivity index (χ3n) is 4.33. The molecule has 2 N–H and O–H groups in total. The fourth-order valence-corrected chi connectivity index (χ4v) is 3.20. The molecule has 2 amide bonds. The van der Waals surface area contributed by atoms with Gasteiger partial charge >= 0.3 is 6.03 Å². The molecule has 1 aromatic rings. The van der Waals surface area contributed by atoms with Gasteiger partial charge < -0.3 is 15.5 Å². The third kappa shape index (κ3) is 3.47. The van der Waals surface area contributed by atoms with Crippen LogP contribution >= 0.6 is 0 Å². The number of rotatable bonds is 4. The van der Waals surface area contributed by atoms with Gasteiger partial charge in [0.2, 0.25) is 0 Å². The number of hydrogen-bond donors (Lipinski definition) is 2. The van der Waals surface area contributed by atoms with Crippen LogP contribution in [0.25, 0.3) is 0 Å². The van der Waals surface area contributed by atoms with Crippen LogP contribution < -0.4 is 15.5 Å². The highest BCUT2D eigenvalue weighted by Crippen LogP contribution is 2.22. The number of likely N-dealkylation sites (tertiary alicyclic amines) is 1. The van der Waals surface area contributed by atoms with E-state index in [1.807, 2.05) is 12.1 Å². The lowest BCUT2D eigenvalue weighted by Crippen LogP contribution is -2.35. The quantitative estimate of drug-likeness (QED) is 0.890. The number of piperidine rings is 1. The summed E-state index contributed by atoms with van der Waals surface area (Å²) in [5.74, 6) is 0.711. The maximum Gasteiger partial charge on any atom is 0.321 e. The Morgan fingerprint density at radius 2 is 2.29 bits per heavy atom. The minimum absolute atomic E-state index is 0.000977. The van der Waals surface area contributed by atoms with E-state index in [2.05, 4.69) is 34.7 Å². The SMILES string of the molecule is CN1CCCC(CNc2cccc(N3CCNC3=O)c2)C1. The smallest absolute Gasteiger partial charge is 0.321 e. The fraction of sp³-hybridized carbons (Fsp3) is 0.562. The molecule has 1 atom stereocenters. The zero-order valence-electron chi connectivity index (χ0n) is 12.6. The summed E-state index contributed by atoms with van der Waals surface area (Å²) in [6, 6.07) is 8.14. The van der Waals surface area contributed by atoms with E-state index in [-0.39, 0.29) is 6.03 Å². The van der Waals surface area contributed by atoms with E-state index in [1.54, 1.807) is 4.90 Å². The van der Waals surface area contributed by atoms with Gasteiger partial charge in [0.05, 0.1) is 0 Å². The average Bonchev–Trinajstić information content (AvgIpc) is 2.92. The zero-order chi connectivity index (χ0) is 14.7. The Morgan fingerprint density at radius 3 is 3.05 bits per heavy atom. The molecule has 0 aliphatic carbocycles. The van der Waals surface area contributed by atoms with Gasteiger partial charge in [-0.25, -0.2) is 4.79 Å². The monoisotopic (exact) mass is 288 g/mol. The molecule has 21 heavy (non-hydrogen) atoms. The highest BCUT2D eigenvalue weighted by Gasteiger charge is 2.21. The summed E-state index contributed by atoms with van der Waals surface area (Å²) in [5, 5.41) is 6.37. The second-order valence-electron chi connectivity index (χ2n) is 6.09. The summed E-state index contributed by atoms with van der Waals surface area (Å²) < 4.78 is 0. The van der Waals surface area contributed by atoms with E-state index < -0.39 is 0 Å². The second kappa shape index (κ2) is 6.35. The number of amides is 2. The summed E-state index contributed by atoms with van der Waals surface area (Å²) in [5.41, 5.74) is 2.07. The fourth-order valence-electron chi connectivity index (χ4n) is 3.20. The minimum atomic E-state index is 0.000977. The Morgan fingerprint density at radius 1 is 1.38 bits per heavy atom. The van der Waals surface area contributed by atoms with Gasteiger partial charge in [-0.05, 0) is 50.6 Å². The van der Waals surface area contributed by atoms with Crippen LogP contribution in [0.15, 0.2) is 24.3 Å². The Kier molecular flexibility index (Phi) is 4.29. The lowest BCUT2D eigenvalue weighted by atomic mass is 9.98. The molecule has 0 saturated carbocycles. The molecule has 2 aliphatic rings. The first-order valence-corrected chi connectivity index (χ1v) is 7.80. The van der Waals surface area contributed by atoms with Gasteiger partial charge in [-0.1, -0.05) is 6.07 Å². The number of benzene rings is 1.